The average molecular weight is 931 g/mol. The molecule has 0 heterocycles. The van der Waals surface area contributed by atoms with Crippen LogP contribution in [0.2, 0.25) is 0 Å². The fourth-order valence-corrected chi connectivity index (χ4v) is 7.48. The van der Waals surface area contributed by atoms with Crippen molar-refractivity contribution >= 4 is 17.9 Å². The number of allylic oxidation sites excluding steroid dienone is 16. The Balaban J connectivity index is 4.35. The average Bonchev–Trinajstić information content (AvgIpc) is 3.33. The third-order valence-corrected chi connectivity index (χ3v) is 11.6. The molecule has 0 saturated heterocycles. The van der Waals surface area contributed by atoms with Crippen LogP contribution in [0.3, 0.4) is 0 Å². The molecule has 0 aromatic heterocycles. The van der Waals surface area contributed by atoms with Crippen LogP contribution in [0, 0.1) is 0 Å². The molecule has 0 radical (unpaired) electrons. The highest BCUT2D eigenvalue weighted by Gasteiger charge is 2.19. The molecule has 0 rings (SSSR count). The summed E-state index contributed by atoms with van der Waals surface area (Å²) in [5.74, 6) is -0.940. The molecule has 0 fully saturated rings. The zero-order valence-corrected chi connectivity index (χ0v) is 43.6. The fourth-order valence-electron chi connectivity index (χ4n) is 7.48. The number of carbonyl (C=O) groups excluding carboxylic acids is 3. The summed E-state index contributed by atoms with van der Waals surface area (Å²) in [6.07, 6.45) is 72.6. The lowest BCUT2D eigenvalue weighted by Gasteiger charge is -2.18. The van der Waals surface area contributed by atoms with Crippen LogP contribution in [0.4, 0.5) is 0 Å². The summed E-state index contributed by atoms with van der Waals surface area (Å²) in [6, 6.07) is 0. The Morgan fingerprint density at radius 1 is 0.313 bits per heavy atom. The lowest BCUT2D eigenvalue weighted by molar-refractivity contribution is -0.167. The summed E-state index contributed by atoms with van der Waals surface area (Å²) in [5, 5.41) is 0. The summed E-state index contributed by atoms with van der Waals surface area (Å²) in [5.41, 5.74) is 0. The molecule has 1 unspecified atom stereocenters. The first-order chi connectivity index (χ1) is 33.0. The predicted octanol–water partition coefficient (Wildman–Crippen LogP) is 18.5. The first kappa shape index (κ1) is 63.3. The maximum Gasteiger partial charge on any atom is 0.306 e. The number of ether oxygens (including phenoxy) is 3. The van der Waals surface area contributed by atoms with Crippen molar-refractivity contribution < 1.29 is 28.6 Å². The SMILES string of the molecule is CC/C=C\C/C=C\C/C=C\C/C=C\CCCCCCCCCCCCC(=O)OCC(COC(=O)CCCCCCCCCCCCC)OC(=O)CCCC/C=C\C/C=C\C/C=C\C/C=C\CC. The molecule has 0 aromatic carbocycles. The molecule has 0 aliphatic heterocycles. The Labute approximate surface area is 413 Å². The van der Waals surface area contributed by atoms with Gasteiger partial charge in [0.05, 0.1) is 0 Å². The smallest absolute Gasteiger partial charge is 0.306 e. The Hall–Kier alpha value is -3.67. The minimum atomic E-state index is -0.799. The number of esters is 3. The van der Waals surface area contributed by atoms with E-state index in [1.54, 1.807) is 0 Å². The topological polar surface area (TPSA) is 78.9 Å². The maximum absolute atomic E-state index is 12.8. The molecule has 0 spiro atoms. The van der Waals surface area contributed by atoms with Crippen LogP contribution in [0.1, 0.15) is 252 Å². The van der Waals surface area contributed by atoms with Gasteiger partial charge in [-0.05, 0) is 96.3 Å². The molecular formula is C61H102O6. The van der Waals surface area contributed by atoms with Gasteiger partial charge >= 0.3 is 17.9 Å². The van der Waals surface area contributed by atoms with Gasteiger partial charge in [-0.25, -0.2) is 0 Å². The second kappa shape index (κ2) is 54.9. The zero-order chi connectivity index (χ0) is 48.6. The van der Waals surface area contributed by atoms with E-state index in [2.05, 4.69) is 118 Å². The third-order valence-electron chi connectivity index (χ3n) is 11.6. The zero-order valence-electron chi connectivity index (χ0n) is 43.6. The lowest BCUT2D eigenvalue weighted by atomic mass is 10.1. The Morgan fingerprint density at radius 3 is 0.940 bits per heavy atom. The lowest BCUT2D eigenvalue weighted by Crippen LogP contribution is -2.30. The number of hydrogen-bond donors (Lipinski definition) is 0. The summed E-state index contributed by atoms with van der Waals surface area (Å²) in [7, 11) is 0. The largest absolute Gasteiger partial charge is 0.462 e. The Kier molecular flexibility index (Phi) is 51.9. The standard InChI is InChI=1S/C61H102O6/c1-4-7-10-13-16-19-22-24-26-27-28-29-30-31-32-33-35-36-39-42-45-48-51-54-60(63)66-57-58(56-65-59(62)53-50-47-44-41-38-21-18-15-12-9-6-3)67-61(64)55-52-49-46-43-40-37-34-25-23-20-17-14-11-8-5-2/h7-8,10-11,16-17,19-20,24-26,28-29,34,40,43,58H,4-6,9,12-15,18,21-23,27,30-33,35-39,41-42,44-57H2,1-3H3/b10-7-,11-8-,19-16-,20-17-,26-24-,29-28-,34-25-,43-40-. The van der Waals surface area contributed by atoms with Gasteiger partial charge in [-0.3, -0.25) is 14.4 Å². The second-order valence-electron chi connectivity index (χ2n) is 18.1. The van der Waals surface area contributed by atoms with Gasteiger partial charge in [-0.1, -0.05) is 234 Å². The maximum atomic E-state index is 12.8. The molecule has 0 saturated carbocycles. The molecule has 0 aromatic rings. The highest BCUT2D eigenvalue weighted by Crippen LogP contribution is 2.15. The molecule has 0 bridgehead atoms. The normalized spacial score (nSPS) is 12.8. The molecule has 0 aliphatic rings. The van der Waals surface area contributed by atoms with E-state index in [0.29, 0.717) is 19.3 Å². The van der Waals surface area contributed by atoms with Crippen molar-refractivity contribution in [2.75, 3.05) is 13.2 Å². The van der Waals surface area contributed by atoms with Gasteiger partial charge in [0, 0.05) is 19.3 Å². The van der Waals surface area contributed by atoms with Gasteiger partial charge < -0.3 is 14.2 Å². The van der Waals surface area contributed by atoms with Crippen LogP contribution in [0.15, 0.2) is 97.2 Å². The van der Waals surface area contributed by atoms with E-state index >= 15 is 0 Å². The molecule has 6 heteroatoms. The van der Waals surface area contributed by atoms with Gasteiger partial charge in [-0.2, -0.15) is 0 Å². The summed E-state index contributed by atoms with van der Waals surface area (Å²) in [6.45, 7) is 6.37. The van der Waals surface area contributed by atoms with E-state index in [1.165, 1.54) is 103 Å². The van der Waals surface area contributed by atoms with Crippen LogP contribution < -0.4 is 0 Å². The summed E-state index contributed by atoms with van der Waals surface area (Å²) in [4.78, 5) is 38.0. The number of rotatable bonds is 49. The Bertz CT molecular complexity index is 1350. The van der Waals surface area contributed by atoms with E-state index in [0.717, 1.165) is 103 Å². The second-order valence-corrected chi connectivity index (χ2v) is 18.1. The number of unbranched alkanes of at least 4 members (excludes halogenated alkanes) is 22. The van der Waals surface area contributed by atoms with Crippen molar-refractivity contribution in [1.82, 2.24) is 0 Å². The highest BCUT2D eigenvalue weighted by atomic mass is 16.6. The van der Waals surface area contributed by atoms with Gasteiger partial charge in [-0.15, -0.1) is 0 Å². The van der Waals surface area contributed by atoms with Crippen LogP contribution in [0.25, 0.3) is 0 Å². The third kappa shape index (κ3) is 53.2. The molecule has 67 heavy (non-hydrogen) atoms. The number of carbonyl (C=O) groups is 3. The molecule has 0 amide bonds. The van der Waals surface area contributed by atoms with Crippen molar-refractivity contribution in [3.8, 4) is 0 Å². The minimum absolute atomic E-state index is 0.0941. The summed E-state index contributed by atoms with van der Waals surface area (Å²) < 4.78 is 16.8. The van der Waals surface area contributed by atoms with Crippen LogP contribution >= 0.6 is 0 Å². The number of hydrogen-bond acceptors (Lipinski definition) is 6. The van der Waals surface area contributed by atoms with Crippen LogP contribution in [-0.2, 0) is 28.6 Å². The molecule has 0 aliphatic carbocycles. The van der Waals surface area contributed by atoms with E-state index in [1.807, 2.05) is 0 Å². The quantitative estimate of drug-likeness (QED) is 0.0262. The van der Waals surface area contributed by atoms with Gasteiger partial charge in [0.1, 0.15) is 13.2 Å². The fraction of sp³-hybridized carbons (Fsp3) is 0.689. The minimum Gasteiger partial charge on any atom is -0.462 e. The molecule has 6 nitrogen and oxygen atoms in total. The molecule has 0 N–H and O–H groups in total. The van der Waals surface area contributed by atoms with Crippen molar-refractivity contribution in [2.24, 2.45) is 0 Å². The van der Waals surface area contributed by atoms with E-state index in [-0.39, 0.29) is 37.5 Å². The first-order valence-corrected chi connectivity index (χ1v) is 27.7. The van der Waals surface area contributed by atoms with E-state index in [9.17, 15) is 14.4 Å². The highest BCUT2D eigenvalue weighted by molar-refractivity contribution is 5.71. The van der Waals surface area contributed by atoms with E-state index in [4.69, 9.17) is 14.2 Å². The van der Waals surface area contributed by atoms with Crippen molar-refractivity contribution in [1.29, 1.82) is 0 Å². The van der Waals surface area contributed by atoms with Crippen LogP contribution in [0.5, 0.6) is 0 Å². The monoisotopic (exact) mass is 931 g/mol. The molecule has 382 valence electrons. The van der Waals surface area contributed by atoms with Gasteiger partial charge in [0.25, 0.3) is 0 Å². The summed E-state index contributed by atoms with van der Waals surface area (Å²) >= 11 is 0. The van der Waals surface area contributed by atoms with Crippen molar-refractivity contribution in [2.45, 2.75) is 258 Å². The predicted molar refractivity (Wildman–Crippen MR) is 288 cm³/mol. The van der Waals surface area contributed by atoms with Crippen molar-refractivity contribution in [3.05, 3.63) is 97.2 Å². The Morgan fingerprint density at radius 2 is 0.582 bits per heavy atom. The van der Waals surface area contributed by atoms with E-state index < -0.39 is 6.10 Å². The molecular weight excluding hydrogens is 829 g/mol. The van der Waals surface area contributed by atoms with Crippen molar-refractivity contribution in [3.63, 3.8) is 0 Å². The molecule has 1 atom stereocenters. The van der Waals surface area contributed by atoms with Gasteiger partial charge in [0.2, 0.25) is 0 Å². The first-order valence-electron chi connectivity index (χ1n) is 27.7. The van der Waals surface area contributed by atoms with Crippen LogP contribution in [-0.4, -0.2) is 37.2 Å². The van der Waals surface area contributed by atoms with Gasteiger partial charge in [0.15, 0.2) is 6.10 Å².